The number of hydrogen-bond acceptors (Lipinski definition) is 3. The Balaban J connectivity index is 1.68. The maximum Gasteiger partial charge on any atom is 0.259 e. The fraction of sp³-hybridized carbons (Fsp3) is 0. The molecule has 1 aromatic heterocycles. The van der Waals surface area contributed by atoms with Crippen molar-refractivity contribution >= 4 is 40.5 Å². The minimum atomic E-state index is -0.379. The van der Waals surface area contributed by atoms with Gasteiger partial charge in [-0.1, -0.05) is 53.8 Å². The Bertz CT molecular complexity index is 1040. The summed E-state index contributed by atoms with van der Waals surface area (Å²) in [6.45, 7) is 0. The molecule has 0 saturated heterocycles. The predicted octanol–water partition coefficient (Wildman–Crippen LogP) is 4.26. The fourth-order valence-corrected chi connectivity index (χ4v) is 2.58. The summed E-state index contributed by atoms with van der Waals surface area (Å²) >= 11 is 11.2. The zero-order chi connectivity index (χ0) is 19.1. The van der Waals surface area contributed by atoms with Gasteiger partial charge in [0.2, 0.25) is 0 Å². The van der Waals surface area contributed by atoms with E-state index in [1.54, 1.807) is 24.4 Å². The first-order chi connectivity index (χ1) is 13.1. The number of nitrogens with zero attached hydrogens (tertiary/aromatic N) is 1. The lowest BCUT2D eigenvalue weighted by molar-refractivity contribution is 0.0977. The average molecular weight is 392 g/mol. The molecule has 1 amide bonds. The Hall–Kier alpha value is -3.20. The first kappa shape index (κ1) is 18.6. The second kappa shape index (κ2) is 8.95. The van der Waals surface area contributed by atoms with E-state index in [2.05, 4.69) is 27.5 Å². The molecule has 6 heteroatoms. The van der Waals surface area contributed by atoms with Crippen molar-refractivity contribution < 1.29 is 4.79 Å². The van der Waals surface area contributed by atoms with Crippen molar-refractivity contribution in [3.63, 3.8) is 0 Å². The number of rotatable bonds is 2. The Kier molecular flexibility index (Phi) is 6.16. The maximum atomic E-state index is 12.4. The standard InChI is InChI=1S/C21H14ClN3OS/c22-18-8-4-5-9-19(18)24-21(27)25-20(26)17-12-16(13-23-14-17)11-10-15-6-2-1-3-7-15/h1-9,12-14H,(H2,24,25,26,27). The SMILES string of the molecule is O=C(NC(=S)Nc1ccccc1Cl)c1cncc(C#Cc2ccccc2)c1. The van der Waals surface area contributed by atoms with Gasteiger partial charge < -0.3 is 5.32 Å². The number of nitrogens with one attached hydrogen (secondary N) is 2. The van der Waals surface area contributed by atoms with Crippen molar-refractivity contribution in [3.8, 4) is 11.8 Å². The molecule has 0 saturated carbocycles. The molecule has 0 aliphatic rings. The number of amides is 1. The second-order valence-electron chi connectivity index (χ2n) is 5.47. The molecule has 1 heterocycles. The minimum absolute atomic E-state index is 0.147. The van der Waals surface area contributed by atoms with Crippen LogP contribution in [0.1, 0.15) is 21.5 Å². The van der Waals surface area contributed by atoms with Crippen LogP contribution in [0.2, 0.25) is 5.02 Å². The Morgan fingerprint density at radius 3 is 2.44 bits per heavy atom. The number of halogens is 1. The van der Waals surface area contributed by atoms with Crippen LogP contribution in [0.25, 0.3) is 0 Å². The minimum Gasteiger partial charge on any atom is -0.331 e. The molecule has 132 valence electrons. The van der Waals surface area contributed by atoms with Crippen LogP contribution < -0.4 is 10.6 Å². The first-order valence-electron chi connectivity index (χ1n) is 8.01. The van der Waals surface area contributed by atoms with Crippen LogP contribution in [-0.4, -0.2) is 16.0 Å². The van der Waals surface area contributed by atoms with E-state index in [-0.39, 0.29) is 11.0 Å². The molecule has 3 rings (SSSR count). The quantitative estimate of drug-likeness (QED) is 0.506. The summed E-state index contributed by atoms with van der Waals surface area (Å²) in [5.74, 6) is 5.65. The third-order valence-electron chi connectivity index (χ3n) is 3.47. The van der Waals surface area contributed by atoms with Gasteiger partial charge in [-0.25, -0.2) is 0 Å². The third-order valence-corrected chi connectivity index (χ3v) is 4.01. The Morgan fingerprint density at radius 2 is 1.67 bits per heavy atom. The van der Waals surface area contributed by atoms with Crippen molar-refractivity contribution in [2.45, 2.75) is 0 Å². The number of pyridine rings is 1. The largest absolute Gasteiger partial charge is 0.331 e. The smallest absolute Gasteiger partial charge is 0.259 e. The van der Waals surface area contributed by atoms with E-state index in [0.717, 1.165) is 5.56 Å². The molecule has 0 radical (unpaired) electrons. The van der Waals surface area contributed by atoms with Gasteiger partial charge in [0.15, 0.2) is 5.11 Å². The summed E-state index contributed by atoms with van der Waals surface area (Å²) in [4.78, 5) is 16.5. The Morgan fingerprint density at radius 1 is 0.963 bits per heavy atom. The number of benzene rings is 2. The van der Waals surface area contributed by atoms with Crippen LogP contribution in [0.4, 0.5) is 5.69 Å². The maximum absolute atomic E-state index is 12.4. The van der Waals surface area contributed by atoms with Crippen LogP contribution in [0, 0.1) is 11.8 Å². The van der Waals surface area contributed by atoms with Crippen LogP contribution in [0.5, 0.6) is 0 Å². The molecule has 2 N–H and O–H groups in total. The van der Waals surface area contributed by atoms with Gasteiger partial charge in [-0.3, -0.25) is 15.1 Å². The van der Waals surface area contributed by atoms with Gasteiger partial charge in [0, 0.05) is 23.5 Å². The monoisotopic (exact) mass is 391 g/mol. The lowest BCUT2D eigenvalue weighted by Gasteiger charge is -2.10. The van der Waals surface area contributed by atoms with Crippen LogP contribution in [0.3, 0.4) is 0 Å². The number of thiocarbonyl (C=S) groups is 1. The van der Waals surface area contributed by atoms with Crippen LogP contribution >= 0.6 is 23.8 Å². The number of carbonyl (C=O) groups is 1. The van der Waals surface area contributed by atoms with Crippen molar-refractivity contribution in [2.75, 3.05) is 5.32 Å². The molecule has 0 aliphatic carbocycles. The zero-order valence-corrected chi connectivity index (χ0v) is 15.6. The third kappa shape index (κ3) is 5.38. The molecule has 0 bridgehead atoms. The van der Waals surface area contributed by atoms with E-state index >= 15 is 0 Å². The molecule has 0 fully saturated rings. The molecular formula is C21H14ClN3OS. The van der Waals surface area contributed by atoms with E-state index in [1.807, 2.05) is 42.5 Å². The first-order valence-corrected chi connectivity index (χ1v) is 8.79. The highest BCUT2D eigenvalue weighted by molar-refractivity contribution is 7.80. The topological polar surface area (TPSA) is 54.0 Å². The van der Waals surface area contributed by atoms with Crippen molar-refractivity contribution in [2.24, 2.45) is 0 Å². The summed E-state index contributed by atoms with van der Waals surface area (Å²) in [6.07, 6.45) is 3.06. The van der Waals surface area contributed by atoms with Crippen molar-refractivity contribution in [1.82, 2.24) is 10.3 Å². The normalized spacial score (nSPS) is 9.67. The van der Waals surface area contributed by atoms with Gasteiger partial charge in [-0.05, 0) is 42.5 Å². The molecule has 2 aromatic carbocycles. The Labute approximate surface area is 167 Å². The fourth-order valence-electron chi connectivity index (χ4n) is 2.19. The highest BCUT2D eigenvalue weighted by Gasteiger charge is 2.10. The lowest BCUT2D eigenvalue weighted by atomic mass is 10.1. The van der Waals surface area contributed by atoms with E-state index in [9.17, 15) is 4.79 Å². The average Bonchev–Trinajstić information content (AvgIpc) is 2.69. The van der Waals surface area contributed by atoms with E-state index in [4.69, 9.17) is 23.8 Å². The molecule has 0 spiro atoms. The van der Waals surface area contributed by atoms with Gasteiger partial charge in [-0.15, -0.1) is 0 Å². The predicted molar refractivity (Wildman–Crippen MR) is 112 cm³/mol. The lowest BCUT2D eigenvalue weighted by Crippen LogP contribution is -2.34. The van der Waals surface area contributed by atoms with Crippen LogP contribution in [-0.2, 0) is 0 Å². The van der Waals surface area contributed by atoms with Gasteiger partial charge in [0.05, 0.1) is 16.3 Å². The van der Waals surface area contributed by atoms with Crippen molar-refractivity contribution in [1.29, 1.82) is 0 Å². The molecule has 4 nitrogen and oxygen atoms in total. The highest BCUT2D eigenvalue weighted by Crippen LogP contribution is 2.20. The summed E-state index contributed by atoms with van der Waals surface area (Å²) in [7, 11) is 0. The van der Waals surface area contributed by atoms with Gasteiger partial charge >= 0.3 is 0 Å². The number of para-hydroxylation sites is 1. The summed E-state index contributed by atoms with van der Waals surface area (Å²) < 4.78 is 0. The molecule has 3 aromatic rings. The van der Waals surface area contributed by atoms with Gasteiger partial charge in [-0.2, -0.15) is 0 Å². The number of hydrogen-bond donors (Lipinski definition) is 2. The second-order valence-corrected chi connectivity index (χ2v) is 6.28. The summed E-state index contributed by atoms with van der Waals surface area (Å²) in [6, 6.07) is 18.4. The molecule has 0 atom stereocenters. The van der Waals surface area contributed by atoms with Crippen LogP contribution in [0.15, 0.2) is 73.1 Å². The number of aromatic nitrogens is 1. The highest BCUT2D eigenvalue weighted by atomic mass is 35.5. The zero-order valence-electron chi connectivity index (χ0n) is 14.1. The molecule has 0 unspecified atom stereocenters. The molecular weight excluding hydrogens is 378 g/mol. The van der Waals surface area contributed by atoms with Crippen molar-refractivity contribution in [3.05, 3.63) is 94.8 Å². The molecule has 27 heavy (non-hydrogen) atoms. The molecule has 0 aliphatic heterocycles. The van der Waals surface area contributed by atoms with E-state index in [0.29, 0.717) is 21.8 Å². The number of anilines is 1. The van der Waals surface area contributed by atoms with E-state index < -0.39 is 0 Å². The van der Waals surface area contributed by atoms with E-state index in [1.165, 1.54) is 6.20 Å². The number of carbonyl (C=O) groups excluding carboxylic acids is 1. The van der Waals surface area contributed by atoms with Gasteiger partial charge in [0.1, 0.15) is 0 Å². The summed E-state index contributed by atoms with van der Waals surface area (Å²) in [5.41, 5.74) is 2.50. The summed E-state index contributed by atoms with van der Waals surface area (Å²) in [5, 5.41) is 6.15. The van der Waals surface area contributed by atoms with Gasteiger partial charge in [0.25, 0.3) is 5.91 Å².